The molecule has 1 aromatic carbocycles. The molecular formula is C15H23BrN2O. The van der Waals surface area contributed by atoms with Crippen LogP contribution < -0.4 is 5.32 Å². The van der Waals surface area contributed by atoms with Crippen LogP contribution in [0.25, 0.3) is 0 Å². The fourth-order valence-corrected chi connectivity index (χ4v) is 2.06. The van der Waals surface area contributed by atoms with Crippen LogP contribution in [0.5, 0.6) is 0 Å². The van der Waals surface area contributed by atoms with Gasteiger partial charge in [0.25, 0.3) is 0 Å². The first-order valence-electron chi connectivity index (χ1n) is 6.79. The normalized spacial score (nSPS) is 12.5. The Morgan fingerprint density at radius 2 is 1.84 bits per heavy atom. The highest BCUT2D eigenvalue weighted by Crippen LogP contribution is 2.12. The van der Waals surface area contributed by atoms with Crippen molar-refractivity contribution >= 4 is 21.8 Å². The minimum absolute atomic E-state index is 0.0256. The van der Waals surface area contributed by atoms with Gasteiger partial charge in [0, 0.05) is 13.1 Å². The molecule has 106 valence electrons. The first-order chi connectivity index (χ1) is 9.08. The summed E-state index contributed by atoms with van der Waals surface area (Å²) in [6.45, 7) is 9.76. The maximum atomic E-state index is 11.6. The number of nitrogens with zero attached hydrogens (tertiary/aromatic N) is 1. The molecule has 4 heteroatoms. The Labute approximate surface area is 124 Å². The van der Waals surface area contributed by atoms with Gasteiger partial charge in [0.05, 0.1) is 4.83 Å². The van der Waals surface area contributed by atoms with E-state index in [1.807, 2.05) is 13.0 Å². The number of benzene rings is 1. The van der Waals surface area contributed by atoms with Crippen molar-refractivity contribution in [3.05, 3.63) is 35.4 Å². The van der Waals surface area contributed by atoms with Gasteiger partial charge < -0.3 is 5.32 Å². The second-order valence-electron chi connectivity index (χ2n) is 4.56. The lowest BCUT2D eigenvalue weighted by Crippen LogP contribution is -2.30. The molecule has 0 radical (unpaired) electrons. The van der Waals surface area contributed by atoms with Crippen LogP contribution >= 0.6 is 15.9 Å². The van der Waals surface area contributed by atoms with E-state index in [0.29, 0.717) is 6.54 Å². The van der Waals surface area contributed by atoms with E-state index in [1.54, 1.807) is 0 Å². The fraction of sp³-hybridized carbons (Fsp3) is 0.533. The minimum Gasteiger partial charge on any atom is -0.351 e. The summed E-state index contributed by atoms with van der Waals surface area (Å²) in [7, 11) is 0. The lowest BCUT2D eigenvalue weighted by Gasteiger charge is -2.20. The van der Waals surface area contributed by atoms with Crippen LogP contribution in [-0.2, 0) is 17.9 Å². The Hall–Kier alpha value is -0.870. The lowest BCUT2D eigenvalue weighted by atomic mass is 10.1. The molecule has 0 spiro atoms. The predicted molar refractivity (Wildman–Crippen MR) is 83.3 cm³/mol. The summed E-state index contributed by atoms with van der Waals surface area (Å²) in [5, 5.41) is 2.94. The molecule has 19 heavy (non-hydrogen) atoms. The molecular weight excluding hydrogens is 304 g/mol. The molecule has 1 atom stereocenters. The minimum atomic E-state index is -0.151. The Morgan fingerprint density at radius 1 is 1.26 bits per heavy atom. The van der Waals surface area contributed by atoms with Gasteiger partial charge in [-0.25, -0.2) is 0 Å². The van der Waals surface area contributed by atoms with Crippen LogP contribution in [0.1, 0.15) is 31.9 Å². The SMILES string of the molecule is CCN(CC)Cc1ccccc1CNC(=O)C(C)Br. The van der Waals surface area contributed by atoms with Crippen molar-refractivity contribution in [2.24, 2.45) is 0 Å². The third-order valence-corrected chi connectivity index (χ3v) is 3.64. The average molecular weight is 327 g/mol. The molecule has 0 saturated heterocycles. The highest BCUT2D eigenvalue weighted by Gasteiger charge is 2.10. The zero-order valence-electron chi connectivity index (χ0n) is 11.9. The van der Waals surface area contributed by atoms with Gasteiger partial charge in [-0.3, -0.25) is 9.69 Å². The van der Waals surface area contributed by atoms with Crippen LogP contribution in [0.2, 0.25) is 0 Å². The summed E-state index contributed by atoms with van der Waals surface area (Å²) in [6.07, 6.45) is 0. The average Bonchev–Trinajstić information content (AvgIpc) is 2.42. The molecule has 0 aliphatic rings. The number of amides is 1. The number of carbonyl (C=O) groups excluding carboxylic acids is 1. The molecule has 0 fully saturated rings. The summed E-state index contributed by atoms with van der Waals surface area (Å²) in [4.78, 5) is 13.8. The third kappa shape index (κ3) is 5.33. The second-order valence-corrected chi connectivity index (χ2v) is 5.94. The van der Waals surface area contributed by atoms with Crippen molar-refractivity contribution in [3.63, 3.8) is 0 Å². The Balaban J connectivity index is 2.70. The monoisotopic (exact) mass is 326 g/mol. The maximum Gasteiger partial charge on any atom is 0.233 e. The molecule has 0 saturated carbocycles. The summed E-state index contributed by atoms with van der Waals surface area (Å²) in [5.41, 5.74) is 2.48. The molecule has 0 heterocycles. The van der Waals surface area contributed by atoms with E-state index < -0.39 is 0 Å². The van der Waals surface area contributed by atoms with Crippen LogP contribution in [-0.4, -0.2) is 28.7 Å². The van der Waals surface area contributed by atoms with Gasteiger partial charge in [-0.15, -0.1) is 0 Å². The molecule has 0 aliphatic carbocycles. The molecule has 1 N–H and O–H groups in total. The quantitative estimate of drug-likeness (QED) is 0.781. The van der Waals surface area contributed by atoms with Crippen molar-refractivity contribution in [2.75, 3.05) is 13.1 Å². The number of hydrogen-bond donors (Lipinski definition) is 1. The van der Waals surface area contributed by atoms with Crippen molar-refractivity contribution in [2.45, 2.75) is 38.7 Å². The Morgan fingerprint density at radius 3 is 2.37 bits per heavy atom. The van der Waals surface area contributed by atoms with E-state index >= 15 is 0 Å². The Kier molecular flexibility index (Phi) is 7.10. The number of alkyl halides is 1. The molecule has 0 aliphatic heterocycles. The standard InChI is InChI=1S/C15H23BrN2O/c1-4-18(5-2)11-14-9-7-6-8-13(14)10-17-15(19)12(3)16/h6-9,12H,4-5,10-11H2,1-3H3,(H,17,19). The smallest absolute Gasteiger partial charge is 0.233 e. The van der Waals surface area contributed by atoms with Crippen LogP contribution in [0.3, 0.4) is 0 Å². The van der Waals surface area contributed by atoms with Gasteiger partial charge in [-0.05, 0) is 31.1 Å². The van der Waals surface area contributed by atoms with E-state index in [1.165, 1.54) is 11.1 Å². The van der Waals surface area contributed by atoms with Gasteiger partial charge in [-0.1, -0.05) is 54.0 Å². The molecule has 0 bridgehead atoms. The van der Waals surface area contributed by atoms with E-state index in [0.717, 1.165) is 19.6 Å². The fourth-order valence-electron chi connectivity index (χ4n) is 1.90. The number of halogens is 1. The molecule has 1 rings (SSSR count). The van der Waals surface area contributed by atoms with Gasteiger partial charge in [0.1, 0.15) is 0 Å². The summed E-state index contributed by atoms with van der Waals surface area (Å²) < 4.78 is 0. The molecule has 1 aromatic rings. The van der Waals surface area contributed by atoms with E-state index in [9.17, 15) is 4.79 Å². The van der Waals surface area contributed by atoms with E-state index in [-0.39, 0.29) is 10.7 Å². The highest BCUT2D eigenvalue weighted by molar-refractivity contribution is 9.10. The van der Waals surface area contributed by atoms with Gasteiger partial charge in [0.2, 0.25) is 5.91 Å². The summed E-state index contributed by atoms with van der Waals surface area (Å²) in [5.74, 6) is 0.0256. The largest absolute Gasteiger partial charge is 0.351 e. The predicted octanol–water partition coefficient (Wildman–Crippen LogP) is 2.93. The maximum absolute atomic E-state index is 11.6. The zero-order chi connectivity index (χ0) is 14.3. The molecule has 3 nitrogen and oxygen atoms in total. The van der Waals surface area contributed by atoms with Crippen molar-refractivity contribution < 1.29 is 4.79 Å². The first kappa shape index (κ1) is 16.2. The highest BCUT2D eigenvalue weighted by atomic mass is 79.9. The van der Waals surface area contributed by atoms with Crippen molar-refractivity contribution in [1.82, 2.24) is 10.2 Å². The van der Waals surface area contributed by atoms with Crippen LogP contribution in [0.15, 0.2) is 24.3 Å². The second kappa shape index (κ2) is 8.33. The number of hydrogen-bond acceptors (Lipinski definition) is 2. The number of rotatable bonds is 7. The van der Waals surface area contributed by atoms with E-state index in [2.05, 4.69) is 58.2 Å². The van der Waals surface area contributed by atoms with Crippen molar-refractivity contribution in [1.29, 1.82) is 0 Å². The van der Waals surface area contributed by atoms with E-state index in [4.69, 9.17) is 0 Å². The molecule has 0 aromatic heterocycles. The molecule has 1 amide bonds. The first-order valence-corrected chi connectivity index (χ1v) is 7.70. The zero-order valence-corrected chi connectivity index (χ0v) is 13.5. The van der Waals surface area contributed by atoms with Crippen LogP contribution in [0, 0.1) is 0 Å². The topological polar surface area (TPSA) is 32.3 Å². The van der Waals surface area contributed by atoms with Crippen molar-refractivity contribution in [3.8, 4) is 0 Å². The summed E-state index contributed by atoms with van der Waals surface area (Å²) in [6, 6.07) is 8.29. The summed E-state index contributed by atoms with van der Waals surface area (Å²) >= 11 is 3.27. The Bertz CT molecular complexity index is 403. The molecule has 1 unspecified atom stereocenters. The van der Waals surface area contributed by atoms with Gasteiger partial charge >= 0.3 is 0 Å². The van der Waals surface area contributed by atoms with Crippen LogP contribution in [0.4, 0.5) is 0 Å². The van der Waals surface area contributed by atoms with Gasteiger partial charge in [0.15, 0.2) is 0 Å². The lowest BCUT2D eigenvalue weighted by molar-refractivity contribution is -0.120. The van der Waals surface area contributed by atoms with Gasteiger partial charge in [-0.2, -0.15) is 0 Å². The number of nitrogens with one attached hydrogen (secondary N) is 1. The number of carbonyl (C=O) groups is 1. The third-order valence-electron chi connectivity index (χ3n) is 3.22.